The number of methoxy groups -OCH3 is 1. The average Bonchev–Trinajstić information content (AvgIpc) is 2.36. The molecule has 1 rings (SSSR count). The summed E-state index contributed by atoms with van der Waals surface area (Å²) in [4.78, 5) is 13.6. The Morgan fingerprint density at radius 2 is 2.00 bits per heavy atom. The lowest BCUT2D eigenvalue weighted by Gasteiger charge is -2.40. The molecule has 5 heteroatoms. The van der Waals surface area contributed by atoms with Gasteiger partial charge in [-0.05, 0) is 26.7 Å². The van der Waals surface area contributed by atoms with Gasteiger partial charge >= 0.3 is 0 Å². The van der Waals surface area contributed by atoms with Crippen molar-refractivity contribution < 1.29 is 14.3 Å². The SMILES string of the molecule is COC1(CN)CCN(C(=O)COC(C)C)CC1. The van der Waals surface area contributed by atoms with Crippen LogP contribution in [0.5, 0.6) is 0 Å². The van der Waals surface area contributed by atoms with Gasteiger partial charge in [-0.1, -0.05) is 0 Å². The Labute approximate surface area is 103 Å². The van der Waals surface area contributed by atoms with Crippen LogP contribution in [0, 0.1) is 0 Å². The summed E-state index contributed by atoms with van der Waals surface area (Å²) < 4.78 is 10.8. The summed E-state index contributed by atoms with van der Waals surface area (Å²) in [6.07, 6.45) is 1.69. The van der Waals surface area contributed by atoms with Crippen LogP contribution in [0.15, 0.2) is 0 Å². The molecule has 0 aliphatic carbocycles. The van der Waals surface area contributed by atoms with E-state index in [9.17, 15) is 4.79 Å². The molecule has 1 aliphatic heterocycles. The minimum Gasteiger partial charge on any atom is -0.377 e. The maximum Gasteiger partial charge on any atom is 0.248 e. The number of ether oxygens (including phenoxy) is 2. The van der Waals surface area contributed by atoms with Crippen LogP contribution >= 0.6 is 0 Å². The van der Waals surface area contributed by atoms with Gasteiger partial charge in [-0.2, -0.15) is 0 Å². The van der Waals surface area contributed by atoms with Crippen LogP contribution in [0.25, 0.3) is 0 Å². The van der Waals surface area contributed by atoms with Crippen LogP contribution in [0.3, 0.4) is 0 Å². The summed E-state index contributed by atoms with van der Waals surface area (Å²) in [7, 11) is 1.69. The van der Waals surface area contributed by atoms with E-state index in [1.54, 1.807) is 7.11 Å². The lowest BCUT2D eigenvalue weighted by atomic mass is 9.91. The highest BCUT2D eigenvalue weighted by Crippen LogP contribution is 2.24. The third-order valence-corrected chi connectivity index (χ3v) is 3.37. The molecule has 1 heterocycles. The van der Waals surface area contributed by atoms with Gasteiger partial charge in [-0.25, -0.2) is 0 Å². The predicted octanol–water partition coefficient (Wildman–Crippen LogP) is 0.378. The van der Waals surface area contributed by atoms with Crippen LogP contribution in [0.1, 0.15) is 26.7 Å². The number of nitrogens with zero attached hydrogens (tertiary/aromatic N) is 1. The monoisotopic (exact) mass is 244 g/mol. The number of amides is 1. The normalized spacial score (nSPS) is 19.7. The summed E-state index contributed by atoms with van der Waals surface area (Å²) >= 11 is 0. The third kappa shape index (κ3) is 3.94. The maximum absolute atomic E-state index is 11.8. The van der Waals surface area contributed by atoms with Crippen LogP contribution in [-0.2, 0) is 14.3 Å². The second-order valence-electron chi connectivity index (χ2n) is 4.83. The number of carbonyl (C=O) groups excluding carboxylic acids is 1. The topological polar surface area (TPSA) is 64.8 Å². The summed E-state index contributed by atoms with van der Waals surface area (Å²) in [5.74, 6) is 0.0559. The van der Waals surface area contributed by atoms with Gasteiger partial charge in [0.1, 0.15) is 6.61 Å². The molecule has 17 heavy (non-hydrogen) atoms. The van der Waals surface area contributed by atoms with Gasteiger partial charge in [0.05, 0.1) is 11.7 Å². The molecule has 1 saturated heterocycles. The standard InChI is InChI=1S/C12H24N2O3/c1-10(2)17-8-11(15)14-6-4-12(9-13,16-3)5-7-14/h10H,4-9,13H2,1-3H3. The number of hydrogen-bond donors (Lipinski definition) is 1. The Morgan fingerprint density at radius 1 is 1.41 bits per heavy atom. The molecule has 0 unspecified atom stereocenters. The molecule has 100 valence electrons. The maximum atomic E-state index is 11.8. The van der Waals surface area contributed by atoms with Crippen molar-refractivity contribution in [3.63, 3.8) is 0 Å². The minimum absolute atomic E-state index is 0.0559. The summed E-state index contributed by atoms with van der Waals surface area (Å²) in [6, 6.07) is 0. The van der Waals surface area contributed by atoms with Gasteiger partial charge in [0.25, 0.3) is 0 Å². The second kappa shape index (κ2) is 6.33. The molecule has 1 aliphatic rings. The van der Waals surface area contributed by atoms with Crippen molar-refractivity contribution in [1.29, 1.82) is 0 Å². The smallest absolute Gasteiger partial charge is 0.248 e. The summed E-state index contributed by atoms with van der Waals surface area (Å²) in [6.45, 7) is 5.92. The van der Waals surface area contributed by atoms with E-state index in [0.29, 0.717) is 19.6 Å². The molecular formula is C12H24N2O3. The number of carbonyl (C=O) groups is 1. The molecule has 1 amide bonds. The van der Waals surface area contributed by atoms with Crippen molar-refractivity contribution in [2.75, 3.05) is 33.4 Å². The second-order valence-corrected chi connectivity index (χ2v) is 4.83. The summed E-state index contributed by atoms with van der Waals surface area (Å²) in [5.41, 5.74) is 5.48. The number of hydrogen-bond acceptors (Lipinski definition) is 4. The van der Waals surface area contributed by atoms with E-state index in [4.69, 9.17) is 15.2 Å². The van der Waals surface area contributed by atoms with E-state index in [2.05, 4.69) is 0 Å². The Kier molecular flexibility index (Phi) is 5.36. The highest BCUT2D eigenvalue weighted by molar-refractivity contribution is 5.77. The first-order valence-electron chi connectivity index (χ1n) is 6.17. The Hall–Kier alpha value is -0.650. The zero-order valence-electron chi connectivity index (χ0n) is 11.1. The predicted molar refractivity (Wildman–Crippen MR) is 65.7 cm³/mol. The van der Waals surface area contributed by atoms with Crippen molar-refractivity contribution in [3.8, 4) is 0 Å². The van der Waals surface area contributed by atoms with E-state index in [1.807, 2.05) is 18.7 Å². The molecule has 0 spiro atoms. The fraction of sp³-hybridized carbons (Fsp3) is 0.917. The zero-order chi connectivity index (χ0) is 12.9. The molecule has 0 aromatic heterocycles. The van der Waals surface area contributed by atoms with Crippen LogP contribution in [0.4, 0.5) is 0 Å². The Balaban J connectivity index is 2.38. The number of piperidine rings is 1. The highest BCUT2D eigenvalue weighted by atomic mass is 16.5. The first kappa shape index (κ1) is 14.4. The van der Waals surface area contributed by atoms with Crippen LogP contribution < -0.4 is 5.73 Å². The largest absolute Gasteiger partial charge is 0.377 e. The van der Waals surface area contributed by atoms with Gasteiger partial charge in [0.15, 0.2) is 0 Å². The summed E-state index contributed by atoms with van der Waals surface area (Å²) in [5, 5.41) is 0. The highest BCUT2D eigenvalue weighted by Gasteiger charge is 2.34. The Bertz CT molecular complexity index is 242. The first-order chi connectivity index (χ1) is 8.03. The molecule has 0 aromatic carbocycles. The van der Waals surface area contributed by atoms with E-state index in [-0.39, 0.29) is 24.2 Å². The van der Waals surface area contributed by atoms with Gasteiger partial charge in [-0.3, -0.25) is 4.79 Å². The lowest BCUT2D eigenvalue weighted by molar-refractivity contribution is -0.142. The van der Waals surface area contributed by atoms with Crippen LogP contribution in [-0.4, -0.2) is 55.9 Å². The molecular weight excluding hydrogens is 220 g/mol. The van der Waals surface area contributed by atoms with Crippen molar-refractivity contribution >= 4 is 5.91 Å². The molecule has 0 radical (unpaired) electrons. The Morgan fingerprint density at radius 3 is 2.41 bits per heavy atom. The van der Waals surface area contributed by atoms with Gasteiger partial charge in [0.2, 0.25) is 5.91 Å². The van der Waals surface area contributed by atoms with Crippen molar-refractivity contribution in [2.45, 2.75) is 38.4 Å². The number of likely N-dealkylation sites (tertiary alicyclic amines) is 1. The number of nitrogens with two attached hydrogens (primary N) is 1. The van der Waals surface area contributed by atoms with E-state index in [1.165, 1.54) is 0 Å². The average molecular weight is 244 g/mol. The molecule has 0 aromatic rings. The quantitative estimate of drug-likeness (QED) is 0.759. The third-order valence-electron chi connectivity index (χ3n) is 3.37. The fourth-order valence-electron chi connectivity index (χ4n) is 1.98. The van der Waals surface area contributed by atoms with Gasteiger partial charge in [-0.15, -0.1) is 0 Å². The van der Waals surface area contributed by atoms with E-state index in [0.717, 1.165) is 12.8 Å². The molecule has 0 bridgehead atoms. The molecule has 2 N–H and O–H groups in total. The molecule has 0 saturated carbocycles. The van der Waals surface area contributed by atoms with Gasteiger partial charge in [0, 0.05) is 26.7 Å². The van der Waals surface area contributed by atoms with E-state index >= 15 is 0 Å². The lowest BCUT2D eigenvalue weighted by Crippen LogP contribution is -2.52. The molecule has 5 nitrogen and oxygen atoms in total. The number of rotatable bonds is 5. The van der Waals surface area contributed by atoms with Crippen molar-refractivity contribution in [1.82, 2.24) is 4.90 Å². The van der Waals surface area contributed by atoms with Crippen molar-refractivity contribution in [3.05, 3.63) is 0 Å². The molecule has 0 atom stereocenters. The van der Waals surface area contributed by atoms with Crippen LogP contribution in [0.2, 0.25) is 0 Å². The van der Waals surface area contributed by atoms with E-state index < -0.39 is 0 Å². The first-order valence-corrected chi connectivity index (χ1v) is 6.17. The minimum atomic E-state index is -0.240. The van der Waals surface area contributed by atoms with Gasteiger partial charge < -0.3 is 20.1 Å². The van der Waals surface area contributed by atoms with Crippen molar-refractivity contribution in [2.24, 2.45) is 5.73 Å². The molecule has 1 fully saturated rings. The zero-order valence-corrected chi connectivity index (χ0v) is 11.1. The fourth-order valence-corrected chi connectivity index (χ4v) is 1.98.